The van der Waals surface area contributed by atoms with Crippen molar-refractivity contribution < 1.29 is 73.0 Å². The molecule has 704 valence electrons. The third-order valence-electron chi connectivity index (χ3n) is 20.4. The number of carboxylic acid groups (broad SMARTS) is 3. The molecule has 3 aromatic heterocycles. The van der Waals surface area contributed by atoms with Gasteiger partial charge in [-0.3, -0.25) is 44.2 Å². The predicted octanol–water partition coefficient (Wildman–Crippen LogP) is 19.8. The number of nitro groups is 2. The van der Waals surface area contributed by atoms with E-state index in [0.29, 0.717) is 92.8 Å². The molecule has 0 aliphatic carbocycles. The minimum Gasteiger partial charge on any atom is -0.478 e. The van der Waals surface area contributed by atoms with Gasteiger partial charge in [0.1, 0.15) is 11.1 Å². The average molecular weight is 1910 g/mol. The van der Waals surface area contributed by atoms with Gasteiger partial charge < -0.3 is 61.6 Å². The molecule has 0 bridgehead atoms. The van der Waals surface area contributed by atoms with Crippen LogP contribution in [0.3, 0.4) is 0 Å². The van der Waals surface area contributed by atoms with Gasteiger partial charge in [-0.1, -0.05) is 141 Å². The van der Waals surface area contributed by atoms with Crippen molar-refractivity contribution in [3.8, 4) is 34.2 Å². The Morgan fingerprint density at radius 1 is 0.422 bits per heavy atom. The van der Waals surface area contributed by atoms with Crippen LogP contribution in [0.4, 0.5) is 51.2 Å². The summed E-state index contributed by atoms with van der Waals surface area (Å²) in [6.45, 7) is 5.54. The molecule has 0 saturated carbocycles. The molecule has 32 nitrogen and oxygen atoms in total. The number of carbonyl (C=O) groups is 8. The maximum Gasteiger partial charge on any atom is 0.342 e. The molecule has 15 rings (SSSR count). The molecule has 3 fully saturated rings. The van der Waals surface area contributed by atoms with Crippen LogP contribution in [-0.2, 0) is 36.3 Å². The maximum absolute atomic E-state index is 12.8. The van der Waals surface area contributed by atoms with E-state index in [1.807, 2.05) is 121 Å². The molecule has 6 heterocycles. The quantitative estimate of drug-likeness (QED) is 0.00451. The van der Waals surface area contributed by atoms with Crippen molar-refractivity contribution >= 4 is 146 Å². The highest BCUT2D eigenvalue weighted by Crippen LogP contribution is 2.32. The first-order valence-electron chi connectivity index (χ1n) is 42.6. The highest BCUT2D eigenvalue weighted by molar-refractivity contribution is 7.98. The first-order chi connectivity index (χ1) is 64.8. The Labute approximate surface area is 800 Å². The Bertz CT molecular complexity index is 5820. The van der Waals surface area contributed by atoms with Crippen molar-refractivity contribution in [1.29, 1.82) is 0 Å². The smallest absolute Gasteiger partial charge is 0.342 e. The highest BCUT2D eigenvalue weighted by Gasteiger charge is 2.26. The van der Waals surface area contributed by atoms with Crippen LogP contribution in [0.15, 0.2) is 256 Å². The van der Waals surface area contributed by atoms with E-state index >= 15 is 0 Å². The minimum absolute atomic E-state index is 0. The normalized spacial score (nSPS) is 12.2. The van der Waals surface area contributed by atoms with Gasteiger partial charge in [0.2, 0.25) is 0 Å². The first kappa shape index (κ1) is 106. The van der Waals surface area contributed by atoms with Gasteiger partial charge in [-0.25, -0.2) is 44.3 Å². The second-order valence-corrected chi connectivity index (χ2v) is 32.8. The monoisotopic (exact) mass is 1910 g/mol. The van der Waals surface area contributed by atoms with E-state index in [2.05, 4.69) is 77.3 Å². The number of carboxylic acids is 3. The lowest BCUT2D eigenvalue weighted by Crippen LogP contribution is -2.29. The summed E-state index contributed by atoms with van der Waals surface area (Å²) in [4.78, 5) is 143. The van der Waals surface area contributed by atoms with Crippen molar-refractivity contribution in [3.05, 3.63) is 326 Å². The molecule has 135 heavy (non-hydrogen) atoms. The molecule has 3 aliphatic rings. The van der Waals surface area contributed by atoms with Gasteiger partial charge in [0.25, 0.3) is 28.4 Å². The number of anilines is 7. The molecule has 12 aromatic rings. The fourth-order valence-corrected chi connectivity index (χ4v) is 15.6. The largest absolute Gasteiger partial charge is 0.478 e. The van der Waals surface area contributed by atoms with Crippen molar-refractivity contribution in [3.63, 3.8) is 0 Å². The molecular weight excluding hydrogens is 1800 g/mol. The number of nitro benzene ring substituents is 2. The number of nitrogens with one attached hydrogen (secondary N) is 2. The van der Waals surface area contributed by atoms with E-state index in [-0.39, 0.29) is 53.3 Å². The predicted molar refractivity (Wildman–Crippen MR) is 533 cm³/mol. The summed E-state index contributed by atoms with van der Waals surface area (Å²) in [7, 11) is 2.74. The summed E-state index contributed by atoms with van der Waals surface area (Å²) < 4.78 is 9.06. The van der Waals surface area contributed by atoms with Gasteiger partial charge in [-0.2, -0.15) is 36.2 Å². The molecule has 3 aliphatic heterocycles. The molecule has 36 heteroatoms. The molecule has 0 unspecified atom stereocenters. The number of nitrogen functional groups attached to an aromatic ring is 2. The lowest BCUT2D eigenvalue weighted by molar-refractivity contribution is -0.385. The standard InChI is InChI=1S/C22H21N5O3.C22H23N5O.C12H13ClO3S.C12H14N2O4.C12H14O4S.C10H9N3.C8H8O2S.CH4/c28-22(25-17-14-23-21(24-15-17)16-7-3-1-4-8-16)19-13-18(9-10-20(19)27(29)30)26-11-5-2-6-12-26;23-20-10-9-18(27-11-5-2-6-12-27)13-19(20)22(28)26-17-14-24-21(25-15-17)16-7-3-1-4-8-16;1-16-11(14)5-6-17-8-9-3-2-4-10(7-9)12(13)15;15-12(16)10-8-9(4-5-11(10)14(17)18)13-6-2-1-3-7-13;1-16-11(13)5-6-17-8-9-3-2-4-10(7-9)12(14)15;11-9-6-12-10(13-7-9)8-4-2-1-3-5-8;9-8(10)7-3-1-2-6(4-7)5-11;/h1,3-4,7-10,13-15H,2,5-6,11-12H2,(H,25,28);1,3-4,7-10,13-15H,2,5-6,11-12,23H2,(H,26,28);2-4,7H,5-6,8H2,1H3;4-5,8H,1-3,6-7H2,(H,15,16);2-4,7H,5-6,8H2,1H3,(H,14,15);1-7H,11H2;1-4,11H,5H2,(H,9,10);1H4. The number of piperidine rings is 3. The van der Waals surface area contributed by atoms with Gasteiger partial charge in [0.05, 0.1) is 108 Å². The lowest BCUT2D eigenvalue weighted by atomic mass is 10.1. The summed E-state index contributed by atoms with van der Waals surface area (Å²) in [6, 6.07) is 64.3. The van der Waals surface area contributed by atoms with Crippen LogP contribution in [0, 0.1) is 20.2 Å². The lowest BCUT2D eigenvalue weighted by Gasteiger charge is -2.29. The van der Waals surface area contributed by atoms with Gasteiger partial charge in [0, 0.05) is 125 Å². The van der Waals surface area contributed by atoms with Crippen molar-refractivity contribution in [2.24, 2.45) is 0 Å². The second kappa shape index (κ2) is 56.3. The number of thioether (sulfide) groups is 2. The summed E-state index contributed by atoms with van der Waals surface area (Å²) in [5.41, 5.74) is 22.5. The molecular formula is C99H106ClN15O17S3. The molecule has 0 radical (unpaired) electrons. The highest BCUT2D eigenvalue weighted by atomic mass is 35.5. The average Bonchev–Trinajstić information content (AvgIpc) is 0.815. The SMILES string of the molecule is C.COC(=O)CCSCc1cccc(C(=O)Cl)c1.COC(=O)CCSCc1cccc(C(=O)O)c1.Nc1ccc(N2CCCCC2)cc1C(=O)Nc1cnc(-c2ccccc2)nc1.Nc1cnc(-c2ccccc2)nc1.O=C(Nc1cnc(-c2ccccc2)nc1)c1cc(N2CCCCC2)ccc1[N+](=O)[O-].O=C(O)c1cc(N2CCCCC2)ccc1[N+](=O)[O-].O=C(O)c1cccc(CS)c1. The third kappa shape index (κ3) is 35.1. The summed E-state index contributed by atoms with van der Waals surface area (Å²) in [5, 5.41) is 53.7. The number of nitrogens with two attached hydrogens (primary N) is 2. The number of rotatable bonds is 27. The number of hydrogen-bond acceptors (Lipinski definition) is 28. The molecule has 9 aromatic carbocycles. The molecule has 2 amide bonds. The van der Waals surface area contributed by atoms with Crippen molar-refractivity contribution in [2.45, 2.75) is 95.3 Å². The number of aromatic nitrogens is 6. The van der Waals surface area contributed by atoms with Gasteiger partial charge >= 0.3 is 29.8 Å². The van der Waals surface area contributed by atoms with Crippen molar-refractivity contribution in [2.75, 3.05) is 102 Å². The van der Waals surface area contributed by atoms with Gasteiger partial charge in [0.15, 0.2) is 17.5 Å². The number of methoxy groups -OCH3 is 2. The van der Waals surface area contributed by atoms with Gasteiger partial charge in [-0.15, -0.1) is 0 Å². The van der Waals surface area contributed by atoms with E-state index < -0.39 is 38.9 Å². The zero-order chi connectivity index (χ0) is 96.1. The Morgan fingerprint density at radius 2 is 0.756 bits per heavy atom. The Balaban J connectivity index is 0.000000198. The van der Waals surface area contributed by atoms with E-state index in [1.54, 1.807) is 127 Å². The van der Waals surface area contributed by atoms with Crippen molar-refractivity contribution in [1.82, 2.24) is 29.9 Å². The first-order valence-corrected chi connectivity index (χ1v) is 45.9. The summed E-state index contributed by atoms with van der Waals surface area (Å²) >= 11 is 12.6. The maximum atomic E-state index is 12.8. The van der Waals surface area contributed by atoms with Crippen LogP contribution in [0.25, 0.3) is 34.2 Å². The zero-order valence-electron chi connectivity index (χ0n) is 73.6. The number of hydrogen-bond donors (Lipinski definition) is 8. The Hall–Kier alpha value is -14.7. The Morgan fingerprint density at radius 3 is 1.12 bits per heavy atom. The van der Waals surface area contributed by atoms with Crippen LogP contribution < -0.4 is 36.8 Å². The number of halogens is 1. The van der Waals surface area contributed by atoms with Crippen LogP contribution in [0.2, 0.25) is 0 Å². The number of aromatic carboxylic acids is 3. The zero-order valence-corrected chi connectivity index (χ0v) is 76.9. The second-order valence-electron chi connectivity index (χ2n) is 30.0. The topological polar surface area (TPSA) is 465 Å². The molecule has 3 saturated heterocycles. The van der Waals surface area contributed by atoms with Gasteiger partial charge in [-0.05, 0) is 159 Å². The number of nitrogens with zero attached hydrogens (tertiary/aromatic N) is 11. The van der Waals surface area contributed by atoms with E-state index in [9.17, 15) is 58.6 Å². The number of thiol groups is 1. The number of amides is 2. The summed E-state index contributed by atoms with van der Waals surface area (Å²) in [6.07, 6.45) is 20.4. The fourth-order valence-electron chi connectivity index (χ4n) is 13.5. The molecule has 0 spiro atoms. The van der Waals surface area contributed by atoms with E-state index in [4.69, 9.17) is 38.4 Å². The fraction of sp³-hybridized carbons (Fsp3) is 0.253. The van der Waals surface area contributed by atoms with Crippen LogP contribution >= 0.6 is 47.8 Å². The number of ether oxygens (including phenoxy) is 2. The summed E-state index contributed by atoms with van der Waals surface area (Å²) in [5.74, 6) is 0.902. The number of benzene rings is 9. The third-order valence-corrected chi connectivity index (χ3v) is 23.1. The van der Waals surface area contributed by atoms with Crippen LogP contribution in [0.1, 0.15) is 157 Å². The minimum atomic E-state index is -1.26. The number of carbonyl (C=O) groups excluding carboxylic acids is 5. The number of esters is 2. The van der Waals surface area contributed by atoms with E-state index in [0.717, 1.165) is 121 Å². The van der Waals surface area contributed by atoms with E-state index in [1.165, 1.54) is 76.9 Å². The van der Waals surface area contributed by atoms with Crippen LogP contribution in [-0.4, -0.2) is 167 Å². The van der Waals surface area contributed by atoms with Crippen LogP contribution in [0.5, 0.6) is 0 Å². The Kier molecular flexibility index (Phi) is 44.0. The molecule has 0 atom stereocenters. The molecule has 9 N–H and O–H groups in total.